The number of para-hydroxylation sites is 1. The minimum Gasteiger partial charge on any atom is -0.501 e. The van der Waals surface area contributed by atoms with Crippen LogP contribution in [0.3, 0.4) is 0 Å². The summed E-state index contributed by atoms with van der Waals surface area (Å²) in [5.41, 5.74) is 9.86. The van der Waals surface area contributed by atoms with Gasteiger partial charge in [-0.15, -0.1) is 53.6 Å². The summed E-state index contributed by atoms with van der Waals surface area (Å²) in [4.78, 5) is 9.25. The number of hydrogen-bond acceptors (Lipinski definition) is 3. The van der Waals surface area contributed by atoms with Crippen molar-refractivity contribution in [3.8, 4) is 22.5 Å². The standard InChI is InChI=1S/C30H26NO.C11H8N.Ir/c1-18-14-25-22-8-4-5-9-28(22)32-30(25)26(15-18)29-23-13-12-21(19-6-2-3-7-19)16-24(23)27(17-31-29)20-10-11-20;1-2-6-10(7-3-1)11-8-4-5-9-12-11;/h4-5,8-9,12-14,16-17,19-20H,2-3,6-7,10-11H2,1H3;1-6,8-9H;/q2*-1;. The number of nitrogens with zero attached hydrogens (tertiary/aromatic N) is 2. The molecule has 3 nitrogen and oxygen atoms in total. The van der Waals surface area contributed by atoms with Crippen LogP contribution >= 0.6 is 0 Å². The van der Waals surface area contributed by atoms with Crippen molar-refractivity contribution in [3.63, 3.8) is 0 Å². The SMILES string of the molecule is Cc1[c-]c(-c2ncc(C3CC3)c3cc(C4CCCC4)ccc23)c2oc3ccccc3c2c1.[Ir].[c-]1ccccc1-c1ccccn1. The molecule has 225 valence electrons. The average Bonchev–Trinajstić information content (AvgIpc) is 3.63. The van der Waals surface area contributed by atoms with E-state index in [1.54, 1.807) is 6.20 Å². The van der Waals surface area contributed by atoms with Gasteiger partial charge in [0.05, 0.1) is 5.58 Å². The Morgan fingerprint density at radius 2 is 1.56 bits per heavy atom. The van der Waals surface area contributed by atoms with Gasteiger partial charge in [-0.25, -0.2) is 0 Å². The van der Waals surface area contributed by atoms with Gasteiger partial charge in [-0.2, -0.15) is 0 Å². The van der Waals surface area contributed by atoms with Crippen LogP contribution in [0.15, 0.2) is 108 Å². The molecule has 0 atom stereocenters. The Kier molecular flexibility index (Phi) is 8.36. The summed E-state index contributed by atoms with van der Waals surface area (Å²) in [6, 6.07) is 38.0. The predicted molar refractivity (Wildman–Crippen MR) is 180 cm³/mol. The maximum absolute atomic E-state index is 6.37. The van der Waals surface area contributed by atoms with Crippen LogP contribution in [-0.4, -0.2) is 9.97 Å². The molecule has 3 heterocycles. The molecular formula is C41H34IrN2O-2. The van der Waals surface area contributed by atoms with Crippen molar-refractivity contribution in [3.05, 3.63) is 132 Å². The van der Waals surface area contributed by atoms with E-state index in [0.717, 1.165) is 55.9 Å². The smallest absolute Gasteiger partial charge is 0.120 e. The van der Waals surface area contributed by atoms with Crippen molar-refractivity contribution < 1.29 is 24.5 Å². The number of benzene rings is 4. The molecule has 0 N–H and O–H groups in total. The molecule has 2 saturated carbocycles. The molecule has 3 aromatic heterocycles. The molecule has 1 radical (unpaired) electrons. The third-order valence-electron chi connectivity index (χ3n) is 9.22. The monoisotopic (exact) mass is 763 g/mol. The Morgan fingerprint density at radius 1 is 0.733 bits per heavy atom. The van der Waals surface area contributed by atoms with Gasteiger partial charge < -0.3 is 14.4 Å². The Hall–Kier alpha value is -4.11. The van der Waals surface area contributed by atoms with E-state index in [2.05, 4.69) is 66.6 Å². The van der Waals surface area contributed by atoms with Crippen molar-refractivity contribution in [2.45, 2.75) is 57.3 Å². The van der Waals surface area contributed by atoms with Gasteiger partial charge in [-0.05, 0) is 82.9 Å². The van der Waals surface area contributed by atoms with Crippen LogP contribution in [0.25, 0.3) is 55.2 Å². The van der Waals surface area contributed by atoms with E-state index < -0.39 is 0 Å². The summed E-state index contributed by atoms with van der Waals surface area (Å²) in [5, 5.41) is 4.93. The number of pyridine rings is 2. The van der Waals surface area contributed by atoms with Crippen molar-refractivity contribution in [2.75, 3.05) is 0 Å². The predicted octanol–water partition coefficient (Wildman–Crippen LogP) is 11.0. The molecule has 4 heteroatoms. The summed E-state index contributed by atoms with van der Waals surface area (Å²) in [6.45, 7) is 2.11. The first-order chi connectivity index (χ1) is 21.7. The molecule has 0 bridgehead atoms. The van der Waals surface area contributed by atoms with Crippen LogP contribution < -0.4 is 0 Å². The Bertz CT molecular complexity index is 2050. The Morgan fingerprint density at radius 3 is 2.33 bits per heavy atom. The average molecular weight is 763 g/mol. The number of fused-ring (bicyclic) bond motifs is 4. The van der Waals surface area contributed by atoms with Gasteiger partial charge in [0.15, 0.2) is 0 Å². The third-order valence-corrected chi connectivity index (χ3v) is 9.22. The second kappa shape index (κ2) is 12.7. The Labute approximate surface area is 278 Å². The summed E-state index contributed by atoms with van der Waals surface area (Å²) < 4.78 is 6.37. The zero-order valence-corrected chi connectivity index (χ0v) is 27.7. The summed E-state index contributed by atoms with van der Waals surface area (Å²) >= 11 is 0. The number of hydrogen-bond donors (Lipinski definition) is 0. The van der Waals surface area contributed by atoms with E-state index in [-0.39, 0.29) is 20.1 Å². The second-order valence-corrected chi connectivity index (χ2v) is 12.3. The minimum absolute atomic E-state index is 0. The maximum Gasteiger partial charge on any atom is 0.120 e. The molecule has 2 fully saturated rings. The Balaban J connectivity index is 0.000000211. The van der Waals surface area contributed by atoms with Crippen LogP contribution in [0.4, 0.5) is 0 Å². The zero-order valence-electron chi connectivity index (χ0n) is 25.3. The largest absolute Gasteiger partial charge is 0.501 e. The van der Waals surface area contributed by atoms with Crippen LogP contribution in [0, 0.1) is 19.1 Å². The van der Waals surface area contributed by atoms with Crippen molar-refractivity contribution in [1.82, 2.24) is 9.97 Å². The van der Waals surface area contributed by atoms with E-state index >= 15 is 0 Å². The normalized spacial score (nSPS) is 14.8. The van der Waals surface area contributed by atoms with Crippen molar-refractivity contribution in [2.24, 2.45) is 0 Å². The molecule has 0 amide bonds. The third kappa shape index (κ3) is 5.86. The van der Waals surface area contributed by atoms with Crippen molar-refractivity contribution >= 4 is 32.7 Å². The number of furan rings is 1. The van der Waals surface area contributed by atoms with Gasteiger partial charge in [0, 0.05) is 37.9 Å². The molecule has 0 aliphatic heterocycles. The molecule has 0 unspecified atom stereocenters. The van der Waals surface area contributed by atoms with Crippen LogP contribution in [0.5, 0.6) is 0 Å². The maximum atomic E-state index is 6.37. The number of aromatic nitrogens is 2. The van der Waals surface area contributed by atoms with Crippen LogP contribution in [0.1, 0.15) is 67.1 Å². The van der Waals surface area contributed by atoms with Crippen molar-refractivity contribution in [1.29, 1.82) is 0 Å². The fraction of sp³-hybridized carbons (Fsp3) is 0.220. The minimum atomic E-state index is 0. The van der Waals surface area contributed by atoms with Gasteiger partial charge in [0.2, 0.25) is 0 Å². The molecule has 2 aliphatic rings. The van der Waals surface area contributed by atoms with Gasteiger partial charge in [0.1, 0.15) is 5.58 Å². The van der Waals surface area contributed by atoms with E-state index in [4.69, 9.17) is 9.40 Å². The van der Waals surface area contributed by atoms with E-state index in [9.17, 15) is 0 Å². The van der Waals surface area contributed by atoms with E-state index in [1.165, 1.54) is 60.4 Å². The molecule has 0 saturated heterocycles. The molecule has 7 aromatic rings. The van der Waals surface area contributed by atoms with Gasteiger partial charge in [-0.1, -0.05) is 79.2 Å². The fourth-order valence-corrected chi connectivity index (χ4v) is 6.85. The number of rotatable bonds is 4. The first-order valence-corrected chi connectivity index (χ1v) is 15.9. The number of aryl methyl sites for hydroxylation is 1. The quantitative estimate of drug-likeness (QED) is 0.168. The summed E-state index contributed by atoms with van der Waals surface area (Å²) in [7, 11) is 0. The first-order valence-electron chi connectivity index (χ1n) is 15.9. The van der Waals surface area contributed by atoms with Gasteiger partial charge >= 0.3 is 0 Å². The molecule has 2 aliphatic carbocycles. The van der Waals surface area contributed by atoms with E-state index in [1.807, 2.05) is 54.6 Å². The second-order valence-electron chi connectivity index (χ2n) is 12.3. The molecule has 45 heavy (non-hydrogen) atoms. The molecule has 9 rings (SSSR count). The van der Waals surface area contributed by atoms with E-state index in [0.29, 0.717) is 5.92 Å². The van der Waals surface area contributed by atoms with Gasteiger partial charge in [-0.3, -0.25) is 0 Å². The summed E-state index contributed by atoms with van der Waals surface area (Å²) in [5.74, 6) is 1.39. The topological polar surface area (TPSA) is 38.9 Å². The van der Waals surface area contributed by atoms with Gasteiger partial charge in [0.25, 0.3) is 0 Å². The molecule has 0 spiro atoms. The van der Waals surface area contributed by atoms with Crippen LogP contribution in [-0.2, 0) is 20.1 Å². The van der Waals surface area contributed by atoms with Crippen LogP contribution in [0.2, 0.25) is 0 Å². The zero-order chi connectivity index (χ0) is 29.5. The first kappa shape index (κ1) is 29.6. The molecular weight excluding hydrogens is 729 g/mol. The molecule has 4 aromatic carbocycles. The summed E-state index contributed by atoms with van der Waals surface area (Å²) in [6.07, 6.45) is 11.9. The fourth-order valence-electron chi connectivity index (χ4n) is 6.85.